The molecule has 0 aliphatic heterocycles. The summed E-state index contributed by atoms with van der Waals surface area (Å²) >= 11 is 0. The predicted octanol–water partition coefficient (Wildman–Crippen LogP) is 4.37. The number of carbonyl (C=O) groups excluding carboxylic acids is 1. The molecule has 1 amide bonds. The maximum Gasteiger partial charge on any atom is 0.222 e. The van der Waals surface area contributed by atoms with Gasteiger partial charge in [-0.3, -0.25) is 9.36 Å². The molecule has 4 aromatic rings. The predicted molar refractivity (Wildman–Crippen MR) is 126 cm³/mol. The first-order valence-corrected chi connectivity index (χ1v) is 10.6. The number of amides is 1. The first kappa shape index (κ1) is 22.1. The van der Waals surface area contributed by atoms with Gasteiger partial charge in [0.1, 0.15) is 6.61 Å². The minimum absolute atomic E-state index is 0.00593. The van der Waals surface area contributed by atoms with Crippen LogP contribution < -0.4 is 14.8 Å². The number of nitrogens with one attached hydrogen (secondary N) is 1. The molecular weight excluding hydrogens is 420 g/mol. The molecule has 170 valence electrons. The average Bonchev–Trinajstić information content (AvgIpc) is 3.11. The van der Waals surface area contributed by atoms with Gasteiger partial charge in [0.2, 0.25) is 17.7 Å². The summed E-state index contributed by atoms with van der Waals surface area (Å²) in [6.45, 7) is 0.378. The Morgan fingerprint density at radius 1 is 0.939 bits per heavy atom. The van der Waals surface area contributed by atoms with Gasteiger partial charge >= 0.3 is 0 Å². The van der Waals surface area contributed by atoms with Crippen LogP contribution in [0, 0.1) is 0 Å². The van der Waals surface area contributed by atoms with Gasteiger partial charge in [-0.05, 0) is 35.4 Å². The van der Waals surface area contributed by atoms with E-state index in [2.05, 4.69) is 5.32 Å². The summed E-state index contributed by atoms with van der Waals surface area (Å²) in [6, 6.07) is 21.5. The highest BCUT2D eigenvalue weighted by Gasteiger charge is 2.27. The van der Waals surface area contributed by atoms with Crippen LogP contribution in [0.4, 0.5) is 0 Å². The molecule has 4 rings (SSSR count). The van der Waals surface area contributed by atoms with Gasteiger partial charge in [0.05, 0.1) is 19.6 Å². The second kappa shape index (κ2) is 9.56. The van der Waals surface area contributed by atoms with Crippen LogP contribution in [0.3, 0.4) is 0 Å². The number of nitrogens with zero attached hydrogens (tertiary/aromatic N) is 1. The maximum atomic E-state index is 12.3. The number of hydrogen-bond acceptors (Lipinski definition) is 5. The maximum absolute atomic E-state index is 12.3. The number of ether oxygens (including phenoxy) is 2. The Morgan fingerprint density at radius 3 is 2.18 bits per heavy atom. The molecule has 0 bridgehead atoms. The molecule has 3 N–H and O–H groups in total. The van der Waals surface area contributed by atoms with Crippen molar-refractivity contribution in [3.63, 3.8) is 0 Å². The minimum atomic E-state index is -0.672. The Morgan fingerprint density at radius 2 is 1.58 bits per heavy atom. The molecule has 1 aromatic heterocycles. The highest BCUT2D eigenvalue weighted by molar-refractivity contribution is 5.93. The van der Waals surface area contributed by atoms with Crippen LogP contribution >= 0.6 is 0 Å². The van der Waals surface area contributed by atoms with E-state index in [0.717, 1.165) is 5.56 Å². The first-order valence-electron chi connectivity index (χ1n) is 10.6. The molecule has 3 aromatic carbocycles. The second-order valence-electron chi connectivity index (χ2n) is 7.64. The molecule has 0 fully saturated rings. The summed E-state index contributed by atoms with van der Waals surface area (Å²) in [5.41, 5.74) is 1.70. The lowest BCUT2D eigenvalue weighted by molar-refractivity contribution is -0.121. The van der Waals surface area contributed by atoms with Crippen LogP contribution in [-0.4, -0.2) is 34.8 Å². The smallest absolute Gasteiger partial charge is 0.222 e. The molecular formula is C26H26N2O5. The summed E-state index contributed by atoms with van der Waals surface area (Å²) < 4.78 is 12.9. The van der Waals surface area contributed by atoms with E-state index in [-0.39, 0.29) is 24.1 Å². The third kappa shape index (κ3) is 4.43. The van der Waals surface area contributed by atoms with E-state index in [9.17, 15) is 15.0 Å². The van der Waals surface area contributed by atoms with Crippen LogP contribution in [-0.2, 0) is 11.4 Å². The first-order chi connectivity index (χ1) is 16.0. The van der Waals surface area contributed by atoms with Crippen molar-refractivity contribution >= 4 is 16.7 Å². The molecule has 7 heteroatoms. The lowest BCUT2D eigenvalue weighted by atomic mass is 10.0. The fraction of sp³-hybridized carbons (Fsp3) is 0.192. The van der Waals surface area contributed by atoms with Crippen molar-refractivity contribution in [1.82, 2.24) is 9.88 Å². The van der Waals surface area contributed by atoms with Crippen molar-refractivity contribution in [3.05, 3.63) is 83.9 Å². The van der Waals surface area contributed by atoms with Crippen molar-refractivity contribution in [2.45, 2.75) is 19.1 Å². The fourth-order valence-electron chi connectivity index (χ4n) is 3.91. The van der Waals surface area contributed by atoms with Crippen LogP contribution in [0.25, 0.3) is 10.8 Å². The molecule has 1 unspecified atom stereocenters. The Bertz CT molecular complexity index is 1230. The third-order valence-electron chi connectivity index (χ3n) is 5.64. The summed E-state index contributed by atoms with van der Waals surface area (Å²) in [6.07, 6.45) is 0.00593. The van der Waals surface area contributed by atoms with Crippen LogP contribution in [0.1, 0.15) is 23.6 Å². The van der Waals surface area contributed by atoms with Gasteiger partial charge < -0.3 is 25.0 Å². The summed E-state index contributed by atoms with van der Waals surface area (Å²) in [5.74, 6) is 0.580. The van der Waals surface area contributed by atoms with Crippen LogP contribution in [0.2, 0.25) is 0 Å². The van der Waals surface area contributed by atoms with E-state index in [1.807, 2.05) is 30.3 Å². The van der Waals surface area contributed by atoms with Crippen LogP contribution in [0.5, 0.6) is 23.3 Å². The van der Waals surface area contributed by atoms with E-state index >= 15 is 0 Å². The van der Waals surface area contributed by atoms with E-state index < -0.39 is 6.04 Å². The lowest BCUT2D eigenvalue weighted by Crippen LogP contribution is -2.23. The number of aromatic nitrogens is 1. The van der Waals surface area contributed by atoms with E-state index in [4.69, 9.17) is 9.47 Å². The molecule has 1 atom stereocenters. The number of rotatable bonds is 8. The largest absolute Gasteiger partial charge is 0.494 e. The molecule has 0 radical (unpaired) electrons. The fourth-order valence-corrected chi connectivity index (χ4v) is 3.91. The number of benzene rings is 3. The molecule has 33 heavy (non-hydrogen) atoms. The monoisotopic (exact) mass is 446 g/mol. The average molecular weight is 447 g/mol. The van der Waals surface area contributed by atoms with Crippen molar-refractivity contribution in [1.29, 1.82) is 0 Å². The van der Waals surface area contributed by atoms with Gasteiger partial charge in [-0.25, -0.2) is 0 Å². The minimum Gasteiger partial charge on any atom is -0.494 e. The van der Waals surface area contributed by atoms with Crippen molar-refractivity contribution < 1.29 is 24.5 Å². The number of aromatic hydroxyl groups is 2. The quantitative estimate of drug-likeness (QED) is 0.374. The van der Waals surface area contributed by atoms with E-state index in [0.29, 0.717) is 34.4 Å². The number of carbonyl (C=O) groups is 1. The number of fused-ring (bicyclic) bond motifs is 1. The Kier molecular flexibility index (Phi) is 6.40. The van der Waals surface area contributed by atoms with Crippen LogP contribution in [0.15, 0.2) is 72.8 Å². The Labute approximate surface area is 191 Å². The normalized spacial score (nSPS) is 11.8. The lowest BCUT2D eigenvalue weighted by Gasteiger charge is -2.22. The standard InChI is InChI=1S/C26H26N2O5/c1-27-24(29)15-21(28-25(30)19-10-6-7-11-20(19)26(28)31)18-12-13-22(23(14-18)32-2)33-16-17-8-4-3-5-9-17/h3-14,21,30-31H,15-16H2,1-2H3,(H,27,29). The van der Waals surface area contributed by atoms with Gasteiger partial charge in [0.15, 0.2) is 11.5 Å². The highest BCUT2D eigenvalue weighted by atomic mass is 16.5. The van der Waals surface area contributed by atoms with Gasteiger partial charge in [-0.15, -0.1) is 0 Å². The molecule has 0 saturated heterocycles. The molecule has 0 aliphatic carbocycles. The topological polar surface area (TPSA) is 93.0 Å². The molecule has 1 heterocycles. The van der Waals surface area contributed by atoms with Crippen molar-refractivity contribution in [3.8, 4) is 23.3 Å². The zero-order valence-corrected chi connectivity index (χ0v) is 18.5. The van der Waals surface area contributed by atoms with Crippen molar-refractivity contribution in [2.24, 2.45) is 0 Å². The molecule has 0 spiro atoms. The number of hydrogen-bond donors (Lipinski definition) is 3. The Hall–Kier alpha value is -4.13. The highest BCUT2D eigenvalue weighted by Crippen LogP contribution is 2.43. The summed E-state index contributed by atoms with van der Waals surface area (Å²) in [5, 5.41) is 25.4. The van der Waals surface area contributed by atoms with E-state index in [1.54, 1.807) is 56.6 Å². The summed E-state index contributed by atoms with van der Waals surface area (Å²) in [7, 11) is 3.09. The molecule has 7 nitrogen and oxygen atoms in total. The Balaban J connectivity index is 1.73. The number of methoxy groups -OCH3 is 1. The van der Waals surface area contributed by atoms with Gasteiger partial charge in [-0.1, -0.05) is 48.5 Å². The zero-order chi connectivity index (χ0) is 23.4. The van der Waals surface area contributed by atoms with Gasteiger partial charge in [0, 0.05) is 17.8 Å². The van der Waals surface area contributed by atoms with E-state index in [1.165, 1.54) is 4.57 Å². The van der Waals surface area contributed by atoms with Crippen molar-refractivity contribution in [2.75, 3.05) is 14.2 Å². The molecule has 0 aliphatic rings. The second-order valence-corrected chi connectivity index (χ2v) is 7.64. The van der Waals surface area contributed by atoms with Gasteiger partial charge in [-0.2, -0.15) is 0 Å². The van der Waals surface area contributed by atoms with Gasteiger partial charge in [0.25, 0.3) is 0 Å². The zero-order valence-electron chi connectivity index (χ0n) is 18.5. The molecule has 0 saturated carbocycles. The SMILES string of the molecule is CNC(=O)CC(c1ccc(OCc2ccccc2)c(OC)c1)n1c(O)c2ccccc2c1O. The third-order valence-corrected chi connectivity index (χ3v) is 5.64. The summed E-state index contributed by atoms with van der Waals surface area (Å²) in [4.78, 5) is 12.3.